The van der Waals surface area contributed by atoms with Gasteiger partial charge in [0.2, 0.25) is 0 Å². The molecule has 4 aromatic heterocycles. The lowest BCUT2D eigenvalue weighted by Crippen LogP contribution is -2.01. The summed E-state index contributed by atoms with van der Waals surface area (Å²) in [4.78, 5) is 27.6. The Kier molecular flexibility index (Phi) is 10.1. The molecule has 0 aliphatic rings. The summed E-state index contributed by atoms with van der Waals surface area (Å²) in [7, 11) is 0. The molecule has 8 rings (SSSR count). The number of benzene rings is 4. The van der Waals surface area contributed by atoms with Crippen LogP contribution in [0.25, 0.3) is 22.1 Å². The smallest absolute Gasteiger partial charge is 0.164 e. The summed E-state index contributed by atoms with van der Waals surface area (Å²) in [5, 5.41) is 8.56. The largest absolute Gasteiger partial charge is 0.455 e. The van der Waals surface area contributed by atoms with Crippen molar-refractivity contribution in [2.45, 2.75) is 39.5 Å². The van der Waals surface area contributed by atoms with Gasteiger partial charge in [0.15, 0.2) is 22.8 Å². The van der Waals surface area contributed by atoms with E-state index >= 15 is 0 Å². The van der Waals surface area contributed by atoms with Crippen LogP contribution in [0.5, 0.6) is 23.0 Å². The molecular weight excluding hydrogens is 697 g/mol. The van der Waals surface area contributed by atoms with Crippen molar-refractivity contribution < 1.29 is 9.47 Å². The lowest BCUT2D eigenvalue weighted by molar-refractivity contribution is 0.484. The minimum atomic E-state index is 0.272. The lowest BCUT2D eigenvalue weighted by atomic mass is 10.1. The first-order valence-corrected chi connectivity index (χ1v) is 18.4. The molecule has 4 heterocycles. The van der Waals surface area contributed by atoms with Crippen molar-refractivity contribution in [1.29, 1.82) is 0 Å². The molecule has 2 N–H and O–H groups in total. The first-order chi connectivity index (χ1) is 27.4. The van der Waals surface area contributed by atoms with E-state index in [4.69, 9.17) is 19.4 Å². The highest BCUT2D eigenvalue weighted by molar-refractivity contribution is 5.90. The van der Waals surface area contributed by atoms with Gasteiger partial charge in [-0.25, -0.2) is 29.9 Å². The predicted molar refractivity (Wildman–Crippen MR) is 221 cm³/mol. The average molecular weight is 735 g/mol. The fourth-order valence-corrected chi connectivity index (χ4v) is 5.98. The van der Waals surface area contributed by atoms with Crippen molar-refractivity contribution in [1.82, 2.24) is 29.9 Å². The minimum Gasteiger partial charge on any atom is -0.455 e. The fraction of sp³-hybridized carbons (Fsp3) is 0.130. The van der Waals surface area contributed by atoms with E-state index in [-0.39, 0.29) is 11.8 Å². The molecule has 0 bridgehead atoms. The highest BCUT2D eigenvalue weighted by Crippen LogP contribution is 2.36. The maximum Gasteiger partial charge on any atom is 0.164 e. The second kappa shape index (κ2) is 15.9. The maximum atomic E-state index is 6.34. The van der Waals surface area contributed by atoms with E-state index in [1.54, 1.807) is 0 Å². The van der Waals surface area contributed by atoms with Gasteiger partial charge in [-0.2, -0.15) is 0 Å². The van der Waals surface area contributed by atoms with Gasteiger partial charge in [0.25, 0.3) is 0 Å². The van der Waals surface area contributed by atoms with Gasteiger partial charge in [-0.15, -0.1) is 0 Å². The number of hydrogen-bond acceptors (Lipinski definition) is 10. The monoisotopic (exact) mass is 734 g/mol. The molecule has 0 saturated heterocycles. The molecule has 0 radical (unpaired) electrons. The SMILES string of the molecule is CC(C)c1ccc2c(Nc3cc(C#Cc4ccc(Oc5ccccc5)c(Nc5ncnc6nc(C(C)C)ccc56)c4)ccc3Oc3ccccc3)ncnc2n1. The van der Waals surface area contributed by atoms with Crippen LogP contribution in [-0.2, 0) is 0 Å². The predicted octanol–water partition coefficient (Wildman–Crippen LogP) is 11.1. The zero-order chi connectivity index (χ0) is 38.4. The molecule has 8 aromatic rings. The molecule has 0 aliphatic carbocycles. The lowest BCUT2D eigenvalue weighted by Gasteiger charge is -2.15. The van der Waals surface area contributed by atoms with Gasteiger partial charge < -0.3 is 20.1 Å². The highest BCUT2D eigenvalue weighted by atomic mass is 16.5. The Labute approximate surface area is 325 Å². The number of fused-ring (bicyclic) bond motifs is 2. The molecule has 0 saturated carbocycles. The quantitative estimate of drug-likeness (QED) is 0.131. The Morgan fingerprint density at radius 3 is 1.32 bits per heavy atom. The zero-order valence-corrected chi connectivity index (χ0v) is 31.4. The number of para-hydroxylation sites is 2. The van der Waals surface area contributed by atoms with Crippen molar-refractivity contribution in [3.63, 3.8) is 0 Å². The van der Waals surface area contributed by atoms with E-state index in [2.05, 4.69) is 70.1 Å². The number of nitrogens with one attached hydrogen (secondary N) is 2. The number of aromatic nitrogens is 6. The molecule has 0 amide bonds. The first kappa shape index (κ1) is 35.6. The van der Waals surface area contributed by atoms with Crippen LogP contribution in [0.2, 0.25) is 0 Å². The number of anilines is 4. The van der Waals surface area contributed by atoms with Crippen molar-refractivity contribution in [2.75, 3.05) is 10.6 Å². The van der Waals surface area contributed by atoms with Gasteiger partial charge in [0.1, 0.15) is 35.8 Å². The zero-order valence-electron chi connectivity index (χ0n) is 31.4. The molecule has 0 unspecified atom stereocenters. The molecule has 56 heavy (non-hydrogen) atoms. The molecule has 4 aromatic carbocycles. The van der Waals surface area contributed by atoms with Crippen LogP contribution >= 0.6 is 0 Å². The summed E-state index contributed by atoms with van der Waals surface area (Å²) >= 11 is 0. The van der Waals surface area contributed by atoms with Crippen LogP contribution in [0.3, 0.4) is 0 Å². The summed E-state index contributed by atoms with van der Waals surface area (Å²) in [5.41, 5.74) is 6.07. The summed E-state index contributed by atoms with van der Waals surface area (Å²) in [6.45, 7) is 8.44. The Hall–Kier alpha value is -7.38. The van der Waals surface area contributed by atoms with Crippen LogP contribution < -0.4 is 20.1 Å². The number of pyridine rings is 2. The Morgan fingerprint density at radius 1 is 0.482 bits per heavy atom. The number of nitrogens with zero attached hydrogens (tertiary/aromatic N) is 6. The summed E-state index contributed by atoms with van der Waals surface area (Å²) in [5.74, 6) is 11.1. The standard InChI is InChI=1S/C46H38N8O2/c1-29(2)37-21-19-35-43(51-37)47-27-49-45(35)53-39-25-31(17-23-41(39)55-33-11-7-5-8-12-33)15-16-32-18-24-42(56-34-13-9-6-10-14-34)40(26-32)54-46-36-20-22-38(30(3)4)52-44(36)48-28-50-46/h5-14,17-30H,1-4H3,(H,47,49,51,53)(H,48,50,52,54). The van der Waals surface area contributed by atoms with Gasteiger partial charge in [0, 0.05) is 22.5 Å². The highest BCUT2D eigenvalue weighted by Gasteiger charge is 2.14. The first-order valence-electron chi connectivity index (χ1n) is 18.4. The molecule has 0 atom stereocenters. The molecule has 0 spiro atoms. The third-order valence-electron chi connectivity index (χ3n) is 8.98. The van der Waals surface area contributed by atoms with Crippen LogP contribution in [-0.4, -0.2) is 29.9 Å². The number of ether oxygens (including phenoxy) is 2. The van der Waals surface area contributed by atoms with Crippen LogP contribution in [0, 0.1) is 11.8 Å². The van der Waals surface area contributed by atoms with Crippen LogP contribution in [0.1, 0.15) is 62.0 Å². The molecule has 274 valence electrons. The topological polar surface area (TPSA) is 120 Å². The number of rotatable bonds is 10. The Morgan fingerprint density at radius 2 is 0.911 bits per heavy atom. The molecular formula is C46H38N8O2. The van der Waals surface area contributed by atoms with Gasteiger partial charge in [-0.3, -0.25) is 0 Å². The second-order valence-corrected chi connectivity index (χ2v) is 13.7. The van der Waals surface area contributed by atoms with E-state index in [0.717, 1.165) is 33.3 Å². The normalized spacial score (nSPS) is 11.0. The molecule has 10 nitrogen and oxygen atoms in total. The fourth-order valence-electron chi connectivity index (χ4n) is 5.98. The molecule has 10 heteroatoms. The van der Waals surface area contributed by atoms with Gasteiger partial charge in [-0.1, -0.05) is 75.9 Å². The summed E-state index contributed by atoms with van der Waals surface area (Å²) in [6, 6.07) is 38.9. The van der Waals surface area contributed by atoms with Gasteiger partial charge >= 0.3 is 0 Å². The van der Waals surface area contributed by atoms with E-state index in [0.29, 0.717) is 57.3 Å². The minimum absolute atomic E-state index is 0.272. The van der Waals surface area contributed by atoms with E-state index < -0.39 is 0 Å². The van der Waals surface area contributed by atoms with Gasteiger partial charge in [-0.05, 0) is 96.8 Å². The second-order valence-electron chi connectivity index (χ2n) is 13.7. The van der Waals surface area contributed by atoms with Crippen molar-refractivity contribution >= 4 is 45.1 Å². The summed E-state index contributed by atoms with van der Waals surface area (Å²) in [6.07, 6.45) is 3.04. The molecule has 0 fully saturated rings. The Bertz CT molecular complexity index is 2540. The third kappa shape index (κ3) is 8.07. The van der Waals surface area contributed by atoms with Gasteiger partial charge in [0.05, 0.1) is 22.1 Å². The van der Waals surface area contributed by atoms with Crippen LogP contribution in [0.15, 0.2) is 134 Å². The molecule has 0 aliphatic heterocycles. The Balaban J connectivity index is 1.15. The number of hydrogen-bond donors (Lipinski definition) is 2. The van der Waals surface area contributed by atoms with Crippen molar-refractivity contribution in [3.05, 3.63) is 156 Å². The third-order valence-corrected chi connectivity index (χ3v) is 8.98. The average Bonchev–Trinajstić information content (AvgIpc) is 3.22. The van der Waals surface area contributed by atoms with E-state index in [1.165, 1.54) is 12.7 Å². The van der Waals surface area contributed by atoms with Crippen molar-refractivity contribution in [3.8, 4) is 34.8 Å². The van der Waals surface area contributed by atoms with Crippen LogP contribution in [0.4, 0.5) is 23.0 Å². The van der Waals surface area contributed by atoms with Crippen molar-refractivity contribution in [2.24, 2.45) is 0 Å². The maximum absolute atomic E-state index is 6.34. The van der Waals surface area contributed by atoms with E-state index in [9.17, 15) is 0 Å². The van der Waals surface area contributed by atoms with E-state index in [1.807, 2.05) is 121 Å². The summed E-state index contributed by atoms with van der Waals surface area (Å²) < 4.78 is 12.7.